The third-order valence-corrected chi connectivity index (χ3v) is 2.54. The highest BCUT2D eigenvalue weighted by atomic mass is 16.4. The third-order valence-electron chi connectivity index (χ3n) is 2.54. The largest absolute Gasteiger partial charge is 0.427 e. The van der Waals surface area contributed by atoms with Crippen molar-refractivity contribution in [2.45, 2.75) is 6.92 Å². The summed E-state index contributed by atoms with van der Waals surface area (Å²) in [6.07, 6.45) is 3.47. The quantitative estimate of drug-likeness (QED) is 0.602. The van der Waals surface area contributed by atoms with Gasteiger partial charge in [0, 0.05) is 11.6 Å². The lowest BCUT2D eigenvalue weighted by Crippen LogP contribution is -1.91. The average Bonchev–Trinajstić information content (AvgIpc) is 2.83. The first kappa shape index (κ1) is 8.29. The maximum atomic E-state index is 5.37. The minimum atomic E-state index is 0.788. The van der Waals surface area contributed by atoms with Gasteiger partial charge in [-0.25, -0.2) is 4.98 Å². The summed E-state index contributed by atoms with van der Waals surface area (Å²) in [6.45, 7) is 1.94. The van der Waals surface area contributed by atoms with Crippen LogP contribution < -0.4 is 0 Å². The molecule has 15 heavy (non-hydrogen) atoms. The molecule has 3 aromatic rings. The Balaban J connectivity index is 2.32. The van der Waals surface area contributed by atoms with Gasteiger partial charge in [-0.3, -0.25) is 4.57 Å². The number of hydrogen-bond donors (Lipinski definition) is 0. The van der Waals surface area contributed by atoms with Crippen molar-refractivity contribution in [2.75, 3.05) is 0 Å². The summed E-state index contributed by atoms with van der Waals surface area (Å²) in [6, 6.07) is 10.3. The number of aryl methyl sites for hydroxylation is 1. The predicted molar refractivity (Wildman–Crippen MR) is 58.1 cm³/mol. The molecule has 0 aliphatic heterocycles. The van der Waals surface area contributed by atoms with E-state index < -0.39 is 0 Å². The van der Waals surface area contributed by atoms with Crippen molar-refractivity contribution < 1.29 is 4.42 Å². The van der Waals surface area contributed by atoms with Crippen LogP contribution in [0, 0.1) is 6.92 Å². The van der Waals surface area contributed by atoms with Gasteiger partial charge >= 0.3 is 0 Å². The van der Waals surface area contributed by atoms with Crippen LogP contribution >= 0.6 is 0 Å². The average molecular weight is 198 g/mol. The zero-order valence-electron chi connectivity index (χ0n) is 8.34. The van der Waals surface area contributed by atoms with Crippen molar-refractivity contribution in [1.29, 1.82) is 0 Å². The minimum Gasteiger partial charge on any atom is -0.427 e. The lowest BCUT2D eigenvalue weighted by atomic mass is 10.2. The van der Waals surface area contributed by atoms with E-state index in [0.717, 1.165) is 17.1 Å². The number of benzene rings is 1. The number of rotatable bonds is 1. The van der Waals surface area contributed by atoms with Crippen molar-refractivity contribution in [3.63, 3.8) is 0 Å². The zero-order valence-corrected chi connectivity index (χ0v) is 8.34. The number of para-hydroxylation sites is 1. The fourth-order valence-corrected chi connectivity index (χ4v) is 1.79. The molecule has 0 bridgehead atoms. The summed E-state index contributed by atoms with van der Waals surface area (Å²) in [4.78, 5) is 4.09. The van der Waals surface area contributed by atoms with E-state index in [1.165, 1.54) is 11.8 Å². The van der Waals surface area contributed by atoms with Gasteiger partial charge < -0.3 is 4.42 Å². The molecule has 0 N–H and O–H groups in total. The Hall–Kier alpha value is -2.03. The predicted octanol–water partition coefficient (Wildman–Crippen LogP) is 2.93. The summed E-state index contributed by atoms with van der Waals surface area (Å²) < 4.78 is 7.38. The number of aromatic nitrogens is 2. The molecule has 0 fully saturated rings. The van der Waals surface area contributed by atoms with Crippen molar-refractivity contribution in [3.8, 4) is 5.88 Å². The summed E-state index contributed by atoms with van der Waals surface area (Å²) in [5.74, 6) is 0.788. The number of fused-ring (bicyclic) bond motifs is 1. The van der Waals surface area contributed by atoms with Crippen molar-refractivity contribution >= 4 is 10.9 Å². The Kier molecular flexibility index (Phi) is 1.65. The lowest BCUT2D eigenvalue weighted by molar-refractivity contribution is 0.534. The highest BCUT2D eigenvalue weighted by Gasteiger charge is 2.08. The second-order valence-corrected chi connectivity index (χ2v) is 3.49. The van der Waals surface area contributed by atoms with Crippen LogP contribution in [0.5, 0.6) is 0 Å². The van der Waals surface area contributed by atoms with Gasteiger partial charge in [0.1, 0.15) is 5.69 Å². The molecule has 2 aromatic heterocycles. The number of oxazole rings is 1. The van der Waals surface area contributed by atoms with Crippen LogP contribution in [-0.4, -0.2) is 9.55 Å². The van der Waals surface area contributed by atoms with Crippen LogP contribution in [0.1, 0.15) is 5.69 Å². The molecule has 3 heteroatoms. The topological polar surface area (TPSA) is 31.0 Å². The summed E-state index contributed by atoms with van der Waals surface area (Å²) in [5, 5.41) is 1.20. The molecule has 0 saturated heterocycles. The molecular weight excluding hydrogens is 188 g/mol. The standard InChI is InChI=1S/C12H10N2O/c1-9-12(15-8-13-9)14-7-6-10-4-2-3-5-11(10)14/h2-8H,1H3. The van der Waals surface area contributed by atoms with E-state index in [1.807, 2.05) is 29.8 Å². The summed E-state index contributed by atoms with van der Waals surface area (Å²) in [5.41, 5.74) is 2.04. The minimum absolute atomic E-state index is 0.788. The first-order valence-corrected chi connectivity index (χ1v) is 4.83. The second-order valence-electron chi connectivity index (χ2n) is 3.49. The molecule has 0 atom stereocenters. The summed E-state index contributed by atoms with van der Waals surface area (Å²) in [7, 11) is 0. The Morgan fingerprint density at radius 1 is 1.20 bits per heavy atom. The van der Waals surface area contributed by atoms with E-state index in [0.29, 0.717) is 0 Å². The lowest BCUT2D eigenvalue weighted by Gasteiger charge is -2.00. The molecule has 74 valence electrons. The first-order valence-electron chi connectivity index (χ1n) is 4.83. The van der Waals surface area contributed by atoms with Crippen molar-refractivity contribution in [3.05, 3.63) is 48.6 Å². The molecule has 0 unspecified atom stereocenters. The Labute approximate surface area is 87.0 Å². The van der Waals surface area contributed by atoms with E-state index in [4.69, 9.17) is 4.42 Å². The summed E-state index contributed by atoms with van der Waals surface area (Å²) >= 11 is 0. The van der Waals surface area contributed by atoms with E-state index in [2.05, 4.69) is 23.2 Å². The maximum absolute atomic E-state index is 5.37. The van der Waals surface area contributed by atoms with Gasteiger partial charge in [0.2, 0.25) is 5.88 Å². The second kappa shape index (κ2) is 2.98. The van der Waals surface area contributed by atoms with Crippen LogP contribution in [-0.2, 0) is 0 Å². The third kappa shape index (κ3) is 1.16. The van der Waals surface area contributed by atoms with Crippen LogP contribution in [0.4, 0.5) is 0 Å². The van der Waals surface area contributed by atoms with Gasteiger partial charge in [-0.05, 0) is 19.1 Å². The molecule has 0 spiro atoms. The smallest absolute Gasteiger partial charge is 0.227 e. The normalized spacial score (nSPS) is 11.0. The van der Waals surface area contributed by atoms with Gasteiger partial charge in [0.05, 0.1) is 5.52 Å². The molecule has 0 amide bonds. The van der Waals surface area contributed by atoms with E-state index >= 15 is 0 Å². The molecular formula is C12H10N2O. The Morgan fingerprint density at radius 3 is 2.87 bits per heavy atom. The fraction of sp³-hybridized carbons (Fsp3) is 0.0833. The monoisotopic (exact) mass is 198 g/mol. The van der Waals surface area contributed by atoms with Crippen LogP contribution in [0.25, 0.3) is 16.8 Å². The maximum Gasteiger partial charge on any atom is 0.227 e. The van der Waals surface area contributed by atoms with Crippen LogP contribution in [0.3, 0.4) is 0 Å². The Morgan fingerprint density at radius 2 is 2.07 bits per heavy atom. The molecule has 0 radical (unpaired) electrons. The molecule has 3 nitrogen and oxygen atoms in total. The molecule has 0 aliphatic rings. The Bertz CT molecular complexity index is 607. The zero-order chi connectivity index (χ0) is 10.3. The highest BCUT2D eigenvalue weighted by Crippen LogP contribution is 2.21. The number of hydrogen-bond acceptors (Lipinski definition) is 2. The molecule has 0 saturated carbocycles. The SMILES string of the molecule is Cc1ncoc1-n1ccc2ccccc21. The van der Waals surface area contributed by atoms with Gasteiger partial charge in [-0.2, -0.15) is 0 Å². The van der Waals surface area contributed by atoms with Crippen LogP contribution in [0.2, 0.25) is 0 Å². The van der Waals surface area contributed by atoms with Gasteiger partial charge in [-0.1, -0.05) is 18.2 Å². The molecule has 3 rings (SSSR count). The molecule has 0 aliphatic carbocycles. The first-order chi connectivity index (χ1) is 7.36. The van der Waals surface area contributed by atoms with Gasteiger partial charge in [0.25, 0.3) is 0 Å². The van der Waals surface area contributed by atoms with Gasteiger partial charge in [0.15, 0.2) is 6.39 Å². The molecule has 1 aromatic carbocycles. The highest BCUT2D eigenvalue weighted by molar-refractivity contribution is 5.81. The fourth-order valence-electron chi connectivity index (χ4n) is 1.79. The van der Waals surface area contributed by atoms with Crippen LogP contribution in [0.15, 0.2) is 47.3 Å². The van der Waals surface area contributed by atoms with Gasteiger partial charge in [-0.15, -0.1) is 0 Å². The van der Waals surface area contributed by atoms with E-state index in [9.17, 15) is 0 Å². The van der Waals surface area contributed by atoms with E-state index in [1.54, 1.807) is 0 Å². The van der Waals surface area contributed by atoms with E-state index in [-0.39, 0.29) is 0 Å². The molecule has 2 heterocycles. The van der Waals surface area contributed by atoms with Crippen molar-refractivity contribution in [1.82, 2.24) is 9.55 Å². The number of nitrogens with zero attached hydrogens (tertiary/aromatic N) is 2. The van der Waals surface area contributed by atoms with Crippen molar-refractivity contribution in [2.24, 2.45) is 0 Å².